The average Bonchev–Trinajstić information content (AvgIpc) is 3.92. The molecule has 0 bridgehead atoms. The molecule has 10 aromatic carbocycles. The summed E-state index contributed by atoms with van der Waals surface area (Å²) in [6.45, 7) is 0. The highest BCUT2D eigenvalue weighted by atomic mass is 32.1. The van der Waals surface area contributed by atoms with Crippen molar-refractivity contribution in [1.82, 2.24) is 19.5 Å². The maximum Gasteiger partial charge on any atom is 0.165 e. The Morgan fingerprint density at radius 1 is 0.328 bits per heavy atom. The highest BCUT2D eigenvalue weighted by Gasteiger charge is 2.19. The fourth-order valence-corrected chi connectivity index (χ4v) is 10.8. The first-order valence-electron chi connectivity index (χ1n) is 21.6. The van der Waals surface area contributed by atoms with Crippen molar-refractivity contribution >= 4 is 74.9 Å². The number of thiophene rings is 1. The van der Waals surface area contributed by atoms with Crippen LogP contribution in [0, 0.1) is 0 Å². The van der Waals surface area contributed by atoms with Gasteiger partial charge in [-0.3, -0.25) is 0 Å². The van der Waals surface area contributed by atoms with Crippen molar-refractivity contribution in [2.75, 3.05) is 0 Å². The summed E-state index contributed by atoms with van der Waals surface area (Å²) in [4.78, 5) is 15.8. The summed E-state index contributed by atoms with van der Waals surface area (Å²) >= 11 is 1.79. The standard InChI is InChI=1S/C59H36N4S/c1-2-17-44(18-3-1)63-52-25-8-6-20-47(52)48-34-33-41(36-53(48)63)37-27-31-40(32-28-37)57-60-58(62-59(61-57)51-24-12-23-50-49-21-7-9-26-54(49)64-56(50)51)43-16-10-15-42(35-43)46-22-11-14-39-30-29-38-13-4-5-19-45(38)55(39)46/h1-36H. The van der Waals surface area contributed by atoms with Gasteiger partial charge in [0.2, 0.25) is 0 Å². The van der Waals surface area contributed by atoms with Gasteiger partial charge in [0, 0.05) is 53.3 Å². The second-order valence-corrected chi connectivity index (χ2v) is 17.4. The Balaban J connectivity index is 0.957. The Morgan fingerprint density at radius 3 is 1.83 bits per heavy atom. The second kappa shape index (κ2) is 14.7. The van der Waals surface area contributed by atoms with Crippen molar-refractivity contribution in [3.05, 3.63) is 218 Å². The lowest BCUT2D eigenvalue weighted by atomic mass is 9.93. The molecular weight excluding hydrogens is 797 g/mol. The molecule has 0 aliphatic heterocycles. The van der Waals surface area contributed by atoms with Crippen molar-refractivity contribution < 1.29 is 0 Å². The molecular formula is C59H36N4S. The Morgan fingerprint density at radius 2 is 0.938 bits per heavy atom. The first-order valence-corrected chi connectivity index (χ1v) is 22.4. The first-order chi connectivity index (χ1) is 31.7. The number of hydrogen-bond acceptors (Lipinski definition) is 4. The van der Waals surface area contributed by atoms with Gasteiger partial charge in [-0.15, -0.1) is 11.3 Å². The van der Waals surface area contributed by atoms with Crippen LogP contribution in [0.15, 0.2) is 218 Å². The lowest BCUT2D eigenvalue weighted by Gasteiger charge is -2.13. The number of fused-ring (bicyclic) bond motifs is 9. The second-order valence-electron chi connectivity index (χ2n) is 16.4. The van der Waals surface area contributed by atoms with E-state index in [-0.39, 0.29) is 0 Å². The predicted molar refractivity (Wildman–Crippen MR) is 269 cm³/mol. The van der Waals surface area contributed by atoms with E-state index >= 15 is 0 Å². The quantitative estimate of drug-likeness (QED) is 0.157. The van der Waals surface area contributed by atoms with Crippen LogP contribution < -0.4 is 0 Å². The molecule has 0 fully saturated rings. The molecule has 0 amide bonds. The SMILES string of the molecule is c1ccc(-n2c3ccccc3c3ccc(-c4ccc(-c5nc(-c6cccc(-c7cccc8ccc9ccccc9c78)c6)nc(-c6cccc7c6sc6ccccc67)n5)cc4)cc32)cc1. The Bertz CT molecular complexity index is 3960. The van der Waals surface area contributed by atoms with Gasteiger partial charge >= 0.3 is 0 Å². The number of hydrogen-bond donors (Lipinski definition) is 0. The molecule has 298 valence electrons. The monoisotopic (exact) mass is 832 g/mol. The van der Waals surface area contributed by atoms with Crippen molar-refractivity contribution in [2.45, 2.75) is 0 Å². The molecule has 0 N–H and O–H groups in total. The zero-order valence-corrected chi connectivity index (χ0v) is 35.3. The van der Waals surface area contributed by atoms with Gasteiger partial charge in [-0.25, -0.2) is 15.0 Å². The normalized spacial score (nSPS) is 11.8. The van der Waals surface area contributed by atoms with Gasteiger partial charge in [-0.1, -0.05) is 176 Å². The van der Waals surface area contributed by atoms with Crippen LogP contribution in [0.25, 0.3) is 126 Å². The first kappa shape index (κ1) is 36.4. The number of para-hydroxylation sites is 2. The van der Waals surface area contributed by atoms with Crippen LogP contribution in [0.3, 0.4) is 0 Å². The average molecular weight is 833 g/mol. The summed E-state index contributed by atoms with van der Waals surface area (Å²) in [5.41, 5.74) is 10.9. The highest BCUT2D eigenvalue weighted by molar-refractivity contribution is 7.26. The van der Waals surface area contributed by atoms with Gasteiger partial charge in [0.1, 0.15) is 0 Å². The van der Waals surface area contributed by atoms with Gasteiger partial charge in [0.15, 0.2) is 17.5 Å². The van der Waals surface area contributed by atoms with Crippen LogP contribution in [0.1, 0.15) is 0 Å². The minimum absolute atomic E-state index is 0.630. The summed E-state index contributed by atoms with van der Waals surface area (Å²) < 4.78 is 4.78. The van der Waals surface area contributed by atoms with Crippen LogP contribution in [-0.4, -0.2) is 19.5 Å². The Kier molecular flexibility index (Phi) is 8.36. The maximum atomic E-state index is 5.29. The van der Waals surface area contributed by atoms with Crippen LogP contribution in [0.4, 0.5) is 0 Å². The fraction of sp³-hybridized carbons (Fsp3) is 0. The summed E-state index contributed by atoms with van der Waals surface area (Å²) in [6.07, 6.45) is 0. The van der Waals surface area contributed by atoms with E-state index in [0.717, 1.165) is 39.1 Å². The molecule has 3 aromatic heterocycles. The predicted octanol–water partition coefficient (Wildman–Crippen LogP) is 16.0. The molecule has 0 aliphatic carbocycles. The van der Waals surface area contributed by atoms with Crippen molar-refractivity contribution in [3.63, 3.8) is 0 Å². The van der Waals surface area contributed by atoms with Crippen molar-refractivity contribution in [3.8, 4) is 62.1 Å². The van der Waals surface area contributed by atoms with E-state index < -0.39 is 0 Å². The molecule has 13 rings (SSSR count). The van der Waals surface area contributed by atoms with E-state index in [4.69, 9.17) is 15.0 Å². The fourth-order valence-electron chi connectivity index (χ4n) is 9.62. The van der Waals surface area contributed by atoms with E-state index in [1.807, 2.05) is 0 Å². The van der Waals surface area contributed by atoms with E-state index in [2.05, 4.69) is 223 Å². The van der Waals surface area contributed by atoms with Crippen LogP contribution in [0.2, 0.25) is 0 Å². The molecule has 0 aliphatic rings. The third-order valence-electron chi connectivity index (χ3n) is 12.6. The molecule has 0 saturated carbocycles. The summed E-state index contributed by atoms with van der Waals surface area (Å²) in [7, 11) is 0. The molecule has 5 heteroatoms. The third-order valence-corrected chi connectivity index (χ3v) is 13.9. The molecule has 13 aromatic rings. The van der Waals surface area contributed by atoms with Crippen molar-refractivity contribution in [1.29, 1.82) is 0 Å². The van der Waals surface area contributed by atoms with Gasteiger partial charge in [0.25, 0.3) is 0 Å². The Labute approximate surface area is 373 Å². The number of benzene rings is 10. The molecule has 4 nitrogen and oxygen atoms in total. The molecule has 0 radical (unpaired) electrons. The number of aromatic nitrogens is 4. The Hall–Kier alpha value is -8.25. The maximum absolute atomic E-state index is 5.29. The molecule has 3 heterocycles. The van der Waals surface area contributed by atoms with Crippen molar-refractivity contribution in [2.24, 2.45) is 0 Å². The molecule has 64 heavy (non-hydrogen) atoms. The molecule has 0 saturated heterocycles. The molecule has 0 spiro atoms. The summed E-state index contributed by atoms with van der Waals surface area (Å²) in [6, 6.07) is 78.1. The minimum atomic E-state index is 0.630. The zero-order chi connectivity index (χ0) is 42.1. The van der Waals surface area contributed by atoms with Crippen LogP contribution >= 0.6 is 11.3 Å². The largest absolute Gasteiger partial charge is 0.309 e. The highest BCUT2D eigenvalue weighted by Crippen LogP contribution is 2.41. The number of nitrogens with zero attached hydrogens (tertiary/aromatic N) is 4. The summed E-state index contributed by atoms with van der Waals surface area (Å²) in [5.74, 6) is 1.92. The summed E-state index contributed by atoms with van der Waals surface area (Å²) in [5, 5.41) is 9.85. The number of rotatable bonds is 6. The zero-order valence-electron chi connectivity index (χ0n) is 34.5. The lowest BCUT2D eigenvalue weighted by Crippen LogP contribution is -2.00. The van der Waals surface area contributed by atoms with E-state index in [0.29, 0.717) is 17.5 Å². The molecule has 0 atom stereocenters. The van der Waals surface area contributed by atoms with Gasteiger partial charge < -0.3 is 4.57 Å². The topological polar surface area (TPSA) is 43.6 Å². The van der Waals surface area contributed by atoms with Crippen LogP contribution in [-0.2, 0) is 0 Å². The minimum Gasteiger partial charge on any atom is -0.309 e. The van der Waals surface area contributed by atoms with Crippen LogP contribution in [0.5, 0.6) is 0 Å². The van der Waals surface area contributed by atoms with Gasteiger partial charge in [0.05, 0.1) is 11.0 Å². The van der Waals surface area contributed by atoms with Gasteiger partial charge in [-0.05, 0) is 86.3 Å². The smallest absolute Gasteiger partial charge is 0.165 e. The van der Waals surface area contributed by atoms with Gasteiger partial charge in [-0.2, -0.15) is 0 Å². The lowest BCUT2D eigenvalue weighted by molar-refractivity contribution is 1.08. The van der Waals surface area contributed by atoms with E-state index in [1.165, 1.54) is 69.1 Å². The van der Waals surface area contributed by atoms with E-state index in [1.54, 1.807) is 11.3 Å². The molecule has 0 unspecified atom stereocenters. The van der Waals surface area contributed by atoms with E-state index in [9.17, 15) is 0 Å². The third kappa shape index (κ3) is 5.93.